The number of pyridine rings is 1. The summed E-state index contributed by atoms with van der Waals surface area (Å²) in [7, 11) is 4.46. The van der Waals surface area contributed by atoms with Crippen LogP contribution in [0.1, 0.15) is 37.7 Å². The largest absolute Gasteiger partial charge is 0.306 e. The van der Waals surface area contributed by atoms with Crippen molar-refractivity contribution >= 4 is 11.2 Å². The zero-order valence-electron chi connectivity index (χ0n) is 14.3. The van der Waals surface area contributed by atoms with Crippen molar-refractivity contribution in [2.75, 3.05) is 33.7 Å². The molecule has 2 aromatic rings. The summed E-state index contributed by atoms with van der Waals surface area (Å²) in [6, 6.07) is 4.10. The second-order valence-corrected chi connectivity index (χ2v) is 7.32. The van der Waals surface area contributed by atoms with Crippen molar-refractivity contribution < 1.29 is 0 Å². The summed E-state index contributed by atoms with van der Waals surface area (Å²) in [4.78, 5) is 14.5. The summed E-state index contributed by atoms with van der Waals surface area (Å²) in [6.07, 6.45) is 8.49. The van der Waals surface area contributed by atoms with Crippen molar-refractivity contribution in [3.05, 3.63) is 24.2 Å². The van der Waals surface area contributed by atoms with Gasteiger partial charge in [0.15, 0.2) is 5.65 Å². The van der Waals surface area contributed by atoms with E-state index in [-0.39, 0.29) is 0 Å². The number of imidazole rings is 1. The van der Waals surface area contributed by atoms with Crippen molar-refractivity contribution in [3.63, 3.8) is 0 Å². The lowest BCUT2D eigenvalue weighted by Gasteiger charge is -2.30. The average Bonchev–Trinajstić information content (AvgIpc) is 3.10. The number of piperidine rings is 1. The summed E-state index contributed by atoms with van der Waals surface area (Å²) in [5.74, 6) is 1.95. The molecule has 4 rings (SSSR count). The lowest BCUT2D eigenvalue weighted by molar-refractivity contribution is 0.199. The molecule has 0 radical (unpaired) electrons. The van der Waals surface area contributed by atoms with Crippen LogP contribution in [0.3, 0.4) is 0 Å². The van der Waals surface area contributed by atoms with Gasteiger partial charge < -0.3 is 4.90 Å². The zero-order chi connectivity index (χ0) is 15.8. The minimum Gasteiger partial charge on any atom is -0.306 e. The first-order valence-electron chi connectivity index (χ1n) is 8.93. The molecule has 0 aromatic carbocycles. The fraction of sp³-hybridized carbons (Fsp3) is 0.667. The van der Waals surface area contributed by atoms with Crippen molar-refractivity contribution in [3.8, 4) is 0 Å². The lowest BCUT2D eigenvalue weighted by Crippen LogP contribution is -2.34. The van der Waals surface area contributed by atoms with Gasteiger partial charge in [0.1, 0.15) is 11.3 Å². The monoisotopic (exact) mass is 313 g/mol. The number of likely N-dealkylation sites (tertiary alicyclic amines) is 2. The van der Waals surface area contributed by atoms with E-state index in [2.05, 4.69) is 39.5 Å². The molecule has 2 aliphatic heterocycles. The van der Waals surface area contributed by atoms with Gasteiger partial charge in [0.2, 0.25) is 0 Å². The van der Waals surface area contributed by atoms with Gasteiger partial charge in [0.05, 0.1) is 6.17 Å². The van der Waals surface area contributed by atoms with Gasteiger partial charge in [0.25, 0.3) is 0 Å². The molecule has 0 bridgehead atoms. The van der Waals surface area contributed by atoms with Crippen LogP contribution in [0.5, 0.6) is 0 Å². The maximum atomic E-state index is 4.97. The first kappa shape index (κ1) is 15.1. The Bertz CT molecular complexity index is 679. The van der Waals surface area contributed by atoms with Crippen LogP contribution in [0.25, 0.3) is 11.2 Å². The minimum atomic E-state index is 0.422. The van der Waals surface area contributed by atoms with Gasteiger partial charge >= 0.3 is 0 Å². The molecule has 2 fully saturated rings. The molecule has 0 spiro atoms. The van der Waals surface area contributed by atoms with Crippen LogP contribution < -0.4 is 0 Å². The van der Waals surface area contributed by atoms with Crippen LogP contribution in [0.2, 0.25) is 0 Å². The van der Waals surface area contributed by atoms with Crippen LogP contribution in [0.4, 0.5) is 0 Å². The zero-order valence-corrected chi connectivity index (χ0v) is 14.3. The molecule has 23 heavy (non-hydrogen) atoms. The van der Waals surface area contributed by atoms with Crippen LogP contribution in [0.15, 0.2) is 18.3 Å². The highest BCUT2D eigenvalue weighted by molar-refractivity contribution is 5.71. The standard InChI is InChI=1S/C18H27N5/c1-21-10-4-6-14(13-21)12-16-20-15-7-3-9-19-18(15)23(16)17-8-5-11-22(17)2/h3,7,9,14,17H,4-6,8,10-13H2,1-2H3. The summed E-state index contributed by atoms with van der Waals surface area (Å²) in [5, 5.41) is 0. The van der Waals surface area contributed by atoms with Crippen LogP contribution >= 0.6 is 0 Å². The summed E-state index contributed by atoms with van der Waals surface area (Å²) < 4.78 is 2.43. The van der Waals surface area contributed by atoms with E-state index in [1.807, 2.05) is 12.3 Å². The lowest BCUT2D eigenvalue weighted by atomic mass is 9.95. The first-order valence-corrected chi connectivity index (χ1v) is 8.93. The Morgan fingerprint density at radius 1 is 1.17 bits per heavy atom. The molecule has 4 heterocycles. The molecule has 2 aliphatic rings. The van der Waals surface area contributed by atoms with Crippen molar-refractivity contribution in [1.29, 1.82) is 0 Å². The molecule has 124 valence electrons. The summed E-state index contributed by atoms with van der Waals surface area (Å²) in [6.45, 7) is 3.60. The van der Waals surface area contributed by atoms with Gasteiger partial charge in [-0.05, 0) is 70.9 Å². The number of hydrogen-bond donors (Lipinski definition) is 0. The fourth-order valence-corrected chi connectivity index (χ4v) is 4.35. The first-order chi connectivity index (χ1) is 11.2. The second-order valence-electron chi connectivity index (χ2n) is 7.32. The number of hydrogen-bond acceptors (Lipinski definition) is 4. The average molecular weight is 313 g/mol. The number of aromatic nitrogens is 3. The highest BCUT2D eigenvalue weighted by Crippen LogP contribution is 2.31. The Balaban J connectivity index is 1.70. The van der Waals surface area contributed by atoms with Gasteiger partial charge in [-0.3, -0.25) is 9.47 Å². The molecule has 0 N–H and O–H groups in total. The van der Waals surface area contributed by atoms with E-state index in [1.165, 1.54) is 51.1 Å². The third-order valence-corrected chi connectivity index (χ3v) is 5.50. The fourth-order valence-electron chi connectivity index (χ4n) is 4.35. The molecule has 0 aliphatic carbocycles. The van der Waals surface area contributed by atoms with E-state index >= 15 is 0 Å². The predicted molar refractivity (Wildman–Crippen MR) is 92.4 cm³/mol. The van der Waals surface area contributed by atoms with E-state index < -0.39 is 0 Å². The van der Waals surface area contributed by atoms with Gasteiger partial charge in [-0.15, -0.1) is 0 Å². The van der Waals surface area contributed by atoms with Gasteiger partial charge in [-0.25, -0.2) is 9.97 Å². The Hall–Kier alpha value is -1.46. The predicted octanol–water partition coefficient (Wildman–Crippen LogP) is 2.54. The molecule has 5 heteroatoms. The molecule has 0 saturated carbocycles. The van der Waals surface area contributed by atoms with E-state index in [0.29, 0.717) is 6.17 Å². The Morgan fingerprint density at radius 2 is 2.04 bits per heavy atom. The number of fused-ring (bicyclic) bond motifs is 1. The number of rotatable bonds is 3. The van der Waals surface area contributed by atoms with E-state index in [4.69, 9.17) is 4.98 Å². The third kappa shape index (κ3) is 2.88. The van der Waals surface area contributed by atoms with Crippen molar-refractivity contribution in [1.82, 2.24) is 24.3 Å². The van der Waals surface area contributed by atoms with E-state index in [0.717, 1.165) is 23.5 Å². The van der Waals surface area contributed by atoms with Gasteiger partial charge in [-0.2, -0.15) is 0 Å². The van der Waals surface area contributed by atoms with Gasteiger partial charge in [-0.1, -0.05) is 0 Å². The summed E-state index contributed by atoms with van der Waals surface area (Å²) >= 11 is 0. The molecule has 5 nitrogen and oxygen atoms in total. The van der Waals surface area contributed by atoms with Crippen LogP contribution in [0, 0.1) is 5.92 Å². The maximum Gasteiger partial charge on any atom is 0.161 e. The third-order valence-electron chi connectivity index (χ3n) is 5.50. The van der Waals surface area contributed by atoms with Crippen molar-refractivity contribution in [2.24, 2.45) is 5.92 Å². The normalized spacial score (nSPS) is 27.0. The molecule has 2 atom stereocenters. The Labute approximate surface area is 138 Å². The summed E-state index contributed by atoms with van der Waals surface area (Å²) in [5.41, 5.74) is 2.11. The van der Waals surface area contributed by atoms with Crippen molar-refractivity contribution in [2.45, 2.75) is 38.3 Å². The molecule has 2 unspecified atom stereocenters. The topological polar surface area (TPSA) is 37.2 Å². The van der Waals surface area contributed by atoms with Gasteiger partial charge in [0, 0.05) is 19.2 Å². The SMILES string of the molecule is CN1CCCC(Cc2nc3cccnc3n2C2CCCN2C)C1. The molecular weight excluding hydrogens is 286 g/mol. The maximum absolute atomic E-state index is 4.97. The molecule has 2 saturated heterocycles. The van der Waals surface area contributed by atoms with Crippen LogP contribution in [-0.4, -0.2) is 58.1 Å². The number of nitrogens with zero attached hydrogens (tertiary/aromatic N) is 5. The highest BCUT2D eigenvalue weighted by Gasteiger charge is 2.29. The molecular formula is C18H27N5. The van der Waals surface area contributed by atoms with E-state index in [1.54, 1.807) is 0 Å². The van der Waals surface area contributed by atoms with Crippen LogP contribution in [-0.2, 0) is 6.42 Å². The smallest absolute Gasteiger partial charge is 0.161 e. The van der Waals surface area contributed by atoms with E-state index in [9.17, 15) is 0 Å². The second kappa shape index (κ2) is 6.21. The quantitative estimate of drug-likeness (QED) is 0.873. The Kier molecular flexibility index (Phi) is 4.07. The Morgan fingerprint density at radius 3 is 2.83 bits per heavy atom. The highest BCUT2D eigenvalue weighted by atomic mass is 15.3. The molecule has 2 aromatic heterocycles. The minimum absolute atomic E-state index is 0.422. The molecule has 0 amide bonds.